The molecule has 0 radical (unpaired) electrons. The molecule has 1 unspecified atom stereocenters. The highest BCUT2D eigenvalue weighted by molar-refractivity contribution is 5.92. The summed E-state index contributed by atoms with van der Waals surface area (Å²) in [5.41, 5.74) is 9.15. The Kier molecular flexibility index (Phi) is 8.07. The Morgan fingerprint density at radius 2 is 1.75 bits per heavy atom. The van der Waals surface area contributed by atoms with E-state index >= 15 is 0 Å². The first-order valence-electron chi connectivity index (χ1n) is 8.05. The number of hydrogen-bond donors (Lipinski definition) is 2. The molecule has 1 atom stereocenters. The molecule has 0 saturated heterocycles. The number of halogens is 1. The van der Waals surface area contributed by atoms with Crippen molar-refractivity contribution in [2.24, 2.45) is 5.73 Å². The fourth-order valence-electron chi connectivity index (χ4n) is 2.42. The van der Waals surface area contributed by atoms with Gasteiger partial charge in [-0.05, 0) is 35.6 Å². The molecule has 2 aromatic rings. The number of rotatable bonds is 6. The van der Waals surface area contributed by atoms with E-state index in [1.807, 2.05) is 42.5 Å². The van der Waals surface area contributed by atoms with E-state index in [0.717, 1.165) is 17.7 Å². The summed E-state index contributed by atoms with van der Waals surface area (Å²) in [5, 5.41) is 7.82. The van der Waals surface area contributed by atoms with Crippen molar-refractivity contribution in [1.29, 1.82) is 5.41 Å². The highest BCUT2D eigenvalue weighted by atomic mass is 35.5. The minimum atomic E-state index is 0. The second kappa shape index (κ2) is 9.78. The summed E-state index contributed by atoms with van der Waals surface area (Å²) in [7, 11) is 0. The van der Waals surface area contributed by atoms with Gasteiger partial charge in [-0.15, -0.1) is 12.4 Å². The van der Waals surface area contributed by atoms with Crippen molar-refractivity contribution in [2.75, 3.05) is 11.4 Å². The first-order chi connectivity index (χ1) is 11.1. The Morgan fingerprint density at radius 1 is 1.12 bits per heavy atom. The molecule has 0 aliphatic heterocycles. The third kappa shape index (κ3) is 5.43. The Hall–Kier alpha value is -2.26. The van der Waals surface area contributed by atoms with Gasteiger partial charge >= 0.3 is 0 Å². The SMILES string of the molecule is CCC(C)c1ccc(N(C/C=C/c2ccccc2)C(=N)N)cc1.Cl. The number of hydrogen-bond acceptors (Lipinski definition) is 1. The first-order valence-corrected chi connectivity index (χ1v) is 8.05. The number of nitrogens with zero attached hydrogens (tertiary/aromatic N) is 1. The van der Waals surface area contributed by atoms with Crippen molar-refractivity contribution in [3.05, 3.63) is 71.8 Å². The molecule has 0 heterocycles. The molecule has 0 aromatic heterocycles. The van der Waals surface area contributed by atoms with Crippen LogP contribution in [0.2, 0.25) is 0 Å². The van der Waals surface area contributed by atoms with Gasteiger partial charge in [-0.2, -0.15) is 0 Å². The second-order valence-electron chi connectivity index (χ2n) is 5.71. The Balaban J connectivity index is 0.00000288. The van der Waals surface area contributed by atoms with Crippen LogP contribution in [0.25, 0.3) is 6.08 Å². The van der Waals surface area contributed by atoms with Gasteiger partial charge in [0.2, 0.25) is 0 Å². The van der Waals surface area contributed by atoms with Gasteiger partial charge in [0.1, 0.15) is 0 Å². The predicted molar refractivity (Wildman–Crippen MR) is 107 cm³/mol. The summed E-state index contributed by atoms with van der Waals surface area (Å²) in [5.74, 6) is 0.604. The second-order valence-corrected chi connectivity index (χ2v) is 5.71. The average molecular weight is 344 g/mol. The summed E-state index contributed by atoms with van der Waals surface area (Å²) in [6.07, 6.45) is 5.19. The van der Waals surface area contributed by atoms with Crippen LogP contribution in [0.4, 0.5) is 5.69 Å². The van der Waals surface area contributed by atoms with Gasteiger partial charge in [-0.25, -0.2) is 0 Å². The van der Waals surface area contributed by atoms with Crippen LogP contribution in [0.3, 0.4) is 0 Å². The lowest BCUT2D eigenvalue weighted by atomic mass is 9.98. The van der Waals surface area contributed by atoms with E-state index in [1.165, 1.54) is 5.56 Å². The molecule has 0 amide bonds. The third-order valence-corrected chi connectivity index (χ3v) is 4.07. The van der Waals surface area contributed by atoms with E-state index in [9.17, 15) is 0 Å². The zero-order chi connectivity index (χ0) is 16.7. The molecule has 3 N–H and O–H groups in total. The lowest BCUT2D eigenvalue weighted by Gasteiger charge is -2.22. The zero-order valence-electron chi connectivity index (χ0n) is 14.3. The monoisotopic (exact) mass is 343 g/mol. The molecule has 4 heteroatoms. The summed E-state index contributed by atoms with van der Waals surface area (Å²) in [6.45, 7) is 4.99. The highest BCUT2D eigenvalue weighted by Gasteiger charge is 2.09. The van der Waals surface area contributed by atoms with E-state index < -0.39 is 0 Å². The summed E-state index contributed by atoms with van der Waals surface area (Å²) < 4.78 is 0. The molecular formula is C20H26ClN3. The molecule has 2 aromatic carbocycles. The van der Waals surface area contributed by atoms with Crippen LogP contribution >= 0.6 is 12.4 Å². The maximum Gasteiger partial charge on any atom is 0.193 e. The molecule has 3 nitrogen and oxygen atoms in total. The Morgan fingerprint density at radius 3 is 2.29 bits per heavy atom. The smallest absolute Gasteiger partial charge is 0.193 e. The maximum absolute atomic E-state index is 7.82. The van der Waals surface area contributed by atoms with Crippen molar-refractivity contribution < 1.29 is 0 Å². The van der Waals surface area contributed by atoms with E-state index in [1.54, 1.807) is 4.90 Å². The number of guanidine groups is 1. The van der Waals surface area contributed by atoms with Gasteiger partial charge in [-0.1, -0.05) is 68.5 Å². The zero-order valence-corrected chi connectivity index (χ0v) is 15.1. The van der Waals surface area contributed by atoms with E-state index in [4.69, 9.17) is 11.1 Å². The largest absolute Gasteiger partial charge is 0.370 e. The first kappa shape index (κ1) is 19.8. The van der Waals surface area contributed by atoms with Crippen LogP contribution in [0.1, 0.15) is 37.3 Å². The Bertz CT molecular complexity index is 650. The number of benzene rings is 2. The van der Waals surface area contributed by atoms with E-state index in [2.05, 4.69) is 38.1 Å². The van der Waals surface area contributed by atoms with Crippen LogP contribution in [-0.2, 0) is 0 Å². The number of nitrogens with one attached hydrogen (secondary N) is 1. The van der Waals surface area contributed by atoms with Gasteiger partial charge in [0.15, 0.2) is 5.96 Å². The van der Waals surface area contributed by atoms with Crippen molar-refractivity contribution in [3.8, 4) is 0 Å². The molecule has 24 heavy (non-hydrogen) atoms. The topological polar surface area (TPSA) is 53.1 Å². The molecule has 0 saturated carbocycles. The fraction of sp³-hybridized carbons (Fsp3) is 0.250. The van der Waals surface area contributed by atoms with Crippen molar-refractivity contribution in [1.82, 2.24) is 0 Å². The molecule has 2 rings (SSSR count). The van der Waals surface area contributed by atoms with Gasteiger partial charge in [-0.3, -0.25) is 5.41 Å². The maximum atomic E-state index is 7.82. The quantitative estimate of drug-likeness (QED) is 0.570. The fourth-order valence-corrected chi connectivity index (χ4v) is 2.42. The van der Waals surface area contributed by atoms with E-state index in [-0.39, 0.29) is 18.4 Å². The number of nitrogens with two attached hydrogens (primary N) is 1. The van der Waals surface area contributed by atoms with Gasteiger partial charge in [0, 0.05) is 12.2 Å². The highest BCUT2D eigenvalue weighted by Crippen LogP contribution is 2.22. The minimum absolute atomic E-state index is 0. The van der Waals surface area contributed by atoms with Crippen LogP contribution in [0.15, 0.2) is 60.7 Å². The van der Waals surface area contributed by atoms with Gasteiger partial charge in [0.05, 0.1) is 0 Å². The van der Waals surface area contributed by atoms with Crippen molar-refractivity contribution >= 4 is 30.1 Å². The van der Waals surface area contributed by atoms with E-state index in [0.29, 0.717) is 12.5 Å². The standard InChI is InChI=1S/C20H25N3.ClH/c1-3-16(2)18-11-13-19(14-12-18)23(20(21)22)15-7-10-17-8-5-4-6-9-17;/h4-14,16H,3,15H2,1-2H3,(H3,21,22);1H/b10-7+;. The van der Waals surface area contributed by atoms with Crippen LogP contribution in [0.5, 0.6) is 0 Å². The van der Waals surface area contributed by atoms with Crippen LogP contribution in [-0.4, -0.2) is 12.5 Å². The number of anilines is 1. The third-order valence-electron chi connectivity index (χ3n) is 4.07. The lowest BCUT2D eigenvalue weighted by molar-refractivity contribution is 0.733. The van der Waals surface area contributed by atoms with Gasteiger partial charge < -0.3 is 10.6 Å². The molecule has 0 aliphatic carbocycles. The van der Waals surface area contributed by atoms with Crippen LogP contribution in [0, 0.1) is 5.41 Å². The van der Waals surface area contributed by atoms with Crippen molar-refractivity contribution in [3.63, 3.8) is 0 Å². The lowest BCUT2D eigenvalue weighted by Crippen LogP contribution is -2.36. The molecular weight excluding hydrogens is 318 g/mol. The summed E-state index contributed by atoms with van der Waals surface area (Å²) >= 11 is 0. The van der Waals surface area contributed by atoms with Crippen molar-refractivity contribution in [2.45, 2.75) is 26.2 Å². The molecule has 0 spiro atoms. The predicted octanol–water partition coefficient (Wildman–Crippen LogP) is 5.04. The Labute approximate surface area is 151 Å². The average Bonchev–Trinajstić information content (AvgIpc) is 2.59. The summed E-state index contributed by atoms with van der Waals surface area (Å²) in [4.78, 5) is 1.79. The van der Waals surface area contributed by atoms with Crippen LogP contribution < -0.4 is 10.6 Å². The molecule has 0 aliphatic rings. The molecule has 128 valence electrons. The molecule has 0 bridgehead atoms. The minimum Gasteiger partial charge on any atom is -0.370 e. The normalized spacial score (nSPS) is 11.8. The molecule has 0 fully saturated rings. The summed E-state index contributed by atoms with van der Waals surface area (Å²) in [6, 6.07) is 18.5. The van der Waals surface area contributed by atoms with Gasteiger partial charge in [0.25, 0.3) is 0 Å².